The van der Waals surface area contributed by atoms with Gasteiger partial charge in [0, 0.05) is 25.7 Å². The third kappa shape index (κ3) is 10.5. The number of hydrogen-bond acceptors (Lipinski definition) is 4. The van der Waals surface area contributed by atoms with Crippen molar-refractivity contribution in [2.24, 2.45) is 4.99 Å². The quantitative estimate of drug-likeness (QED) is 0.301. The lowest BCUT2D eigenvalue weighted by Crippen LogP contribution is -2.42. The molecule has 0 aliphatic carbocycles. The molecule has 1 aromatic rings. The van der Waals surface area contributed by atoms with Crippen LogP contribution in [0.5, 0.6) is 0 Å². The number of furan rings is 1. The maximum atomic E-state index is 5.59. The maximum Gasteiger partial charge on any atom is 0.191 e. The van der Waals surface area contributed by atoms with Gasteiger partial charge < -0.3 is 24.7 Å². The Kier molecular flexibility index (Phi) is 12.7. The molecule has 1 aromatic heterocycles. The Balaban J connectivity index is 2.20. The SMILES string of the molecule is CCNC(=NCCCOCc1ccco1)NC(C)CCCN(CC)CC. The molecule has 1 atom stereocenters. The second kappa shape index (κ2) is 14.6. The monoisotopic (exact) mass is 366 g/mol. The number of rotatable bonds is 14. The first kappa shape index (κ1) is 22.5. The molecule has 0 amide bonds. The van der Waals surface area contributed by atoms with Gasteiger partial charge in [0.05, 0.1) is 6.26 Å². The first-order chi connectivity index (χ1) is 12.7. The molecule has 0 spiro atoms. The number of aliphatic imine (C=N–C) groups is 1. The Morgan fingerprint density at radius 3 is 2.73 bits per heavy atom. The van der Waals surface area contributed by atoms with Crippen LogP contribution in [0.1, 0.15) is 52.7 Å². The molecule has 1 heterocycles. The van der Waals surface area contributed by atoms with Gasteiger partial charge in [-0.15, -0.1) is 0 Å². The summed E-state index contributed by atoms with van der Waals surface area (Å²) >= 11 is 0. The van der Waals surface area contributed by atoms with E-state index in [1.54, 1.807) is 6.26 Å². The molecular weight excluding hydrogens is 328 g/mol. The number of nitrogens with zero attached hydrogens (tertiary/aromatic N) is 2. The summed E-state index contributed by atoms with van der Waals surface area (Å²) in [4.78, 5) is 7.11. The standard InChI is InChI=1S/C20H38N4O2/c1-5-21-20(23-18(4)11-8-14-24(6-2)7-3)22-13-10-15-25-17-19-12-9-16-26-19/h9,12,16,18H,5-8,10-11,13-15,17H2,1-4H3,(H2,21,22,23). The van der Waals surface area contributed by atoms with Crippen molar-refractivity contribution in [1.29, 1.82) is 0 Å². The van der Waals surface area contributed by atoms with Crippen molar-refractivity contribution in [3.63, 3.8) is 0 Å². The van der Waals surface area contributed by atoms with Gasteiger partial charge >= 0.3 is 0 Å². The molecule has 6 nitrogen and oxygen atoms in total. The van der Waals surface area contributed by atoms with Gasteiger partial charge in [0.2, 0.25) is 0 Å². The Hall–Kier alpha value is -1.53. The van der Waals surface area contributed by atoms with Crippen molar-refractivity contribution in [3.05, 3.63) is 24.2 Å². The van der Waals surface area contributed by atoms with E-state index in [9.17, 15) is 0 Å². The van der Waals surface area contributed by atoms with Gasteiger partial charge in [-0.05, 0) is 64.9 Å². The minimum atomic E-state index is 0.415. The molecule has 6 heteroatoms. The third-order valence-corrected chi connectivity index (χ3v) is 4.27. The van der Waals surface area contributed by atoms with Gasteiger partial charge in [-0.1, -0.05) is 13.8 Å². The maximum absolute atomic E-state index is 5.59. The summed E-state index contributed by atoms with van der Waals surface area (Å²) in [6.45, 7) is 15.0. The average molecular weight is 367 g/mol. The molecule has 0 aliphatic rings. The lowest BCUT2D eigenvalue weighted by atomic mass is 10.2. The minimum Gasteiger partial charge on any atom is -0.467 e. The fourth-order valence-corrected chi connectivity index (χ4v) is 2.71. The van der Waals surface area contributed by atoms with E-state index in [2.05, 4.69) is 48.2 Å². The van der Waals surface area contributed by atoms with Crippen LogP contribution in [0.25, 0.3) is 0 Å². The smallest absolute Gasteiger partial charge is 0.191 e. The number of guanidine groups is 1. The normalized spacial score (nSPS) is 13.2. The summed E-state index contributed by atoms with van der Waals surface area (Å²) in [5.74, 6) is 1.76. The highest BCUT2D eigenvalue weighted by Gasteiger charge is 2.06. The molecule has 0 aromatic carbocycles. The molecule has 1 unspecified atom stereocenters. The summed E-state index contributed by atoms with van der Waals surface area (Å²) in [6.07, 6.45) is 4.91. The third-order valence-electron chi connectivity index (χ3n) is 4.27. The summed E-state index contributed by atoms with van der Waals surface area (Å²) in [5, 5.41) is 6.83. The van der Waals surface area contributed by atoms with Crippen LogP contribution in [0.3, 0.4) is 0 Å². The summed E-state index contributed by atoms with van der Waals surface area (Å²) in [7, 11) is 0. The molecule has 0 fully saturated rings. The Morgan fingerprint density at radius 1 is 1.27 bits per heavy atom. The second-order valence-electron chi connectivity index (χ2n) is 6.46. The van der Waals surface area contributed by atoms with Crippen LogP contribution in [-0.2, 0) is 11.3 Å². The van der Waals surface area contributed by atoms with Crippen molar-refractivity contribution >= 4 is 5.96 Å². The van der Waals surface area contributed by atoms with Crippen LogP contribution in [0.15, 0.2) is 27.8 Å². The number of ether oxygens (including phenoxy) is 1. The minimum absolute atomic E-state index is 0.415. The van der Waals surface area contributed by atoms with Gasteiger partial charge in [0.1, 0.15) is 12.4 Å². The zero-order valence-electron chi connectivity index (χ0n) is 17.1. The first-order valence-electron chi connectivity index (χ1n) is 10.1. The molecule has 26 heavy (non-hydrogen) atoms. The average Bonchev–Trinajstić information content (AvgIpc) is 3.15. The van der Waals surface area contributed by atoms with Gasteiger partial charge in [-0.2, -0.15) is 0 Å². The molecule has 0 aliphatic heterocycles. The number of nitrogens with one attached hydrogen (secondary N) is 2. The molecular formula is C20H38N4O2. The van der Waals surface area contributed by atoms with E-state index >= 15 is 0 Å². The van der Waals surface area contributed by atoms with E-state index in [4.69, 9.17) is 9.15 Å². The zero-order chi connectivity index (χ0) is 19.0. The van der Waals surface area contributed by atoms with Crippen molar-refractivity contribution in [3.8, 4) is 0 Å². The van der Waals surface area contributed by atoms with E-state index in [1.807, 2.05) is 12.1 Å². The van der Waals surface area contributed by atoms with E-state index < -0.39 is 0 Å². The highest BCUT2D eigenvalue weighted by atomic mass is 16.5. The van der Waals surface area contributed by atoms with E-state index in [1.165, 1.54) is 13.0 Å². The van der Waals surface area contributed by atoms with Crippen LogP contribution in [0, 0.1) is 0 Å². The van der Waals surface area contributed by atoms with E-state index in [0.717, 1.165) is 50.7 Å². The van der Waals surface area contributed by atoms with Gasteiger partial charge in [-0.3, -0.25) is 4.99 Å². The lowest BCUT2D eigenvalue weighted by molar-refractivity contribution is 0.105. The van der Waals surface area contributed by atoms with Crippen molar-refractivity contribution in [2.45, 2.75) is 59.6 Å². The van der Waals surface area contributed by atoms with E-state index in [-0.39, 0.29) is 0 Å². The Bertz CT molecular complexity index is 458. The number of hydrogen-bond donors (Lipinski definition) is 2. The highest BCUT2D eigenvalue weighted by molar-refractivity contribution is 5.79. The summed E-state index contributed by atoms with van der Waals surface area (Å²) in [6, 6.07) is 4.21. The van der Waals surface area contributed by atoms with Gasteiger partial charge in [0.25, 0.3) is 0 Å². The molecule has 150 valence electrons. The molecule has 1 rings (SSSR count). The summed E-state index contributed by atoms with van der Waals surface area (Å²) < 4.78 is 10.8. The van der Waals surface area contributed by atoms with E-state index in [0.29, 0.717) is 19.3 Å². The second-order valence-corrected chi connectivity index (χ2v) is 6.46. The van der Waals surface area contributed by atoms with Crippen molar-refractivity contribution < 1.29 is 9.15 Å². The van der Waals surface area contributed by atoms with Crippen LogP contribution < -0.4 is 10.6 Å². The van der Waals surface area contributed by atoms with Crippen molar-refractivity contribution in [2.75, 3.05) is 39.3 Å². The largest absolute Gasteiger partial charge is 0.467 e. The first-order valence-corrected chi connectivity index (χ1v) is 10.1. The molecule has 2 N–H and O–H groups in total. The zero-order valence-corrected chi connectivity index (χ0v) is 17.1. The summed E-state index contributed by atoms with van der Waals surface area (Å²) in [5.41, 5.74) is 0. The predicted octanol–water partition coefficient (Wildman–Crippen LogP) is 3.25. The van der Waals surface area contributed by atoms with Crippen LogP contribution >= 0.6 is 0 Å². The molecule has 0 saturated heterocycles. The van der Waals surface area contributed by atoms with Gasteiger partial charge in [-0.25, -0.2) is 0 Å². The molecule has 0 radical (unpaired) electrons. The van der Waals surface area contributed by atoms with Crippen LogP contribution in [0.4, 0.5) is 0 Å². The Labute approximate surface area is 159 Å². The van der Waals surface area contributed by atoms with Crippen molar-refractivity contribution in [1.82, 2.24) is 15.5 Å². The van der Waals surface area contributed by atoms with Gasteiger partial charge in [0.15, 0.2) is 5.96 Å². The Morgan fingerprint density at radius 2 is 2.08 bits per heavy atom. The molecule has 0 saturated carbocycles. The fraction of sp³-hybridized carbons (Fsp3) is 0.750. The topological polar surface area (TPSA) is 62.0 Å². The highest BCUT2D eigenvalue weighted by Crippen LogP contribution is 2.02. The van der Waals surface area contributed by atoms with Crippen LogP contribution in [0.2, 0.25) is 0 Å². The lowest BCUT2D eigenvalue weighted by Gasteiger charge is -2.21. The predicted molar refractivity (Wildman–Crippen MR) is 109 cm³/mol. The fourth-order valence-electron chi connectivity index (χ4n) is 2.71. The molecule has 0 bridgehead atoms. The van der Waals surface area contributed by atoms with Crippen LogP contribution in [-0.4, -0.2) is 56.2 Å².